The van der Waals surface area contributed by atoms with Crippen molar-refractivity contribution in [3.63, 3.8) is 0 Å². The van der Waals surface area contributed by atoms with Crippen molar-refractivity contribution in [2.24, 2.45) is 11.8 Å². The fourth-order valence-corrected chi connectivity index (χ4v) is 6.01. The van der Waals surface area contributed by atoms with E-state index in [0.29, 0.717) is 43.2 Å². The molecule has 1 aromatic heterocycles. The van der Waals surface area contributed by atoms with Gasteiger partial charge in [-0.3, -0.25) is 14.6 Å². The van der Waals surface area contributed by atoms with Crippen LogP contribution >= 0.6 is 0 Å². The number of carbonyl (C=O) groups is 2. The lowest BCUT2D eigenvalue weighted by Gasteiger charge is -2.54. The number of rotatable bonds is 6. The highest BCUT2D eigenvalue weighted by Crippen LogP contribution is 2.56. The maximum atomic E-state index is 13.2. The number of carbonyl (C=O) groups excluding carboxylic acids is 1. The summed E-state index contributed by atoms with van der Waals surface area (Å²) in [7, 11) is 0. The van der Waals surface area contributed by atoms with Gasteiger partial charge in [0.2, 0.25) is 0 Å². The summed E-state index contributed by atoms with van der Waals surface area (Å²) in [6.07, 6.45) is 3.37. The molecular formula is C28H34N2O6. The molecule has 0 unspecified atom stereocenters. The molecule has 0 spiro atoms. The topological polar surface area (TPSA) is 98.2 Å². The third-order valence-corrected chi connectivity index (χ3v) is 7.92. The second kappa shape index (κ2) is 9.73. The first-order valence-electron chi connectivity index (χ1n) is 12.8. The molecular weight excluding hydrogens is 460 g/mol. The number of aromatic nitrogens is 1. The normalized spacial score (nSPS) is 28.8. The predicted molar refractivity (Wildman–Crippen MR) is 132 cm³/mol. The molecule has 2 aromatic rings. The van der Waals surface area contributed by atoms with Gasteiger partial charge >= 0.3 is 5.97 Å². The maximum Gasteiger partial charge on any atom is 0.303 e. The number of fused-ring (bicyclic) bond motifs is 4. The Hall–Kier alpha value is -3.13. The van der Waals surface area contributed by atoms with Crippen LogP contribution in [-0.2, 0) is 9.53 Å². The molecule has 3 aliphatic rings. The fourth-order valence-electron chi connectivity index (χ4n) is 6.01. The van der Waals surface area contributed by atoms with Gasteiger partial charge in [0.25, 0.3) is 5.91 Å². The second-order valence-corrected chi connectivity index (χ2v) is 10.3. The van der Waals surface area contributed by atoms with Gasteiger partial charge in [-0.1, -0.05) is 12.1 Å². The van der Waals surface area contributed by atoms with Gasteiger partial charge in [-0.15, -0.1) is 0 Å². The number of benzene rings is 1. The number of piperidine rings is 1. The van der Waals surface area contributed by atoms with Gasteiger partial charge in [-0.05, 0) is 58.2 Å². The number of amides is 1. The zero-order valence-electron chi connectivity index (χ0n) is 21.1. The number of carboxylic acids is 1. The van der Waals surface area contributed by atoms with Crippen LogP contribution in [0.1, 0.15) is 67.3 Å². The Morgan fingerprint density at radius 2 is 2.11 bits per heavy atom. The zero-order valence-corrected chi connectivity index (χ0v) is 21.1. The summed E-state index contributed by atoms with van der Waals surface area (Å²) in [6.45, 7) is 7.56. The highest BCUT2D eigenvalue weighted by molar-refractivity contribution is 5.94. The van der Waals surface area contributed by atoms with E-state index < -0.39 is 11.6 Å². The van der Waals surface area contributed by atoms with Crippen molar-refractivity contribution in [3.05, 3.63) is 53.3 Å². The minimum Gasteiger partial charge on any atom is -0.490 e. The number of hydrogen-bond donors (Lipinski definition) is 1. The summed E-state index contributed by atoms with van der Waals surface area (Å²) in [6, 6.07) is 9.55. The van der Waals surface area contributed by atoms with Gasteiger partial charge in [0, 0.05) is 48.8 Å². The van der Waals surface area contributed by atoms with Crippen LogP contribution in [0.25, 0.3) is 0 Å². The number of hydrogen-bond acceptors (Lipinski definition) is 6. The van der Waals surface area contributed by atoms with Gasteiger partial charge in [-0.2, -0.15) is 0 Å². The average molecular weight is 495 g/mol. The van der Waals surface area contributed by atoms with Crippen molar-refractivity contribution in [3.8, 4) is 11.5 Å². The van der Waals surface area contributed by atoms with Gasteiger partial charge in [-0.25, -0.2) is 0 Å². The third-order valence-electron chi connectivity index (χ3n) is 7.92. The van der Waals surface area contributed by atoms with Gasteiger partial charge in [0.1, 0.15) is 5.60 Å². The van der Waals surface area contributed by atoms with Crippen LogP contribution < -0.4 is 9.47 Å². The highest BCUT2D eigenvalue weighted by atomic mass is 16.5. The third kappa shape index (κ3) is 4.54. The number of aryl methyl sites for hydroxylation is 1. The zero-order chi connectivity index (χ0) is 25.4. The van der Waals surface area contributed by atoms with Crippen LogP contribution in [0.3, 0.4) is 0 Å². The van der Waals surface area contributed by atoms with E-state index in [1.54, 1.807) is 6.20 Å². The molecule has 2 fully saturated rings. The fraction of sp³-hybridized carbons (Fsp3) is 0.536. The Morgan fingerprint density at radius 3 is 2.83 bits per heavy atom. The average Bonchev–Trinajstić information content (AvgIpc) is 2.87. The molecule has 0 bridgehead atoms. The summed E-state index contributed by atoms with van der Waals surface area (Å²) >= 11 is 0. The van der Waals surface area contributed by atoms with Crippen LogP contribution in [0.4, 0.5) is 0 Å². The molecule has 2 saturated heterocycles. The first-order chi connectivity index (χ1) is 17.3. The summed E-state index contributed by atoms with van der Waals surface area (Å²) in [4.78, 5) is 30.9. The monoisotopic (exact) mass is 494 g/mol. The molecule has 3 aliphatic heterocycles. The number of likely N-dealkylation sites (tertiary alicyclic amines) is 1. The minimum absolute atomic E-state index is 0.00495. The highest BCUT2D eigenvalue weighted by Gasteiger charge is 2.54. The van der Waals surface area contributed by atoms with Gasteiger partial charge in [0.05, 0.1) is 24.4 Å². The molecule has 1 aromatic carbocycles. The van der Waals surface area contributed by atoms with Crippen LogP contribution in [0.2, 0.25) is 0 Å². The van der Waals surface area contributed by atoms with Crippen molar-refractivity contribution in [2.75, 3.05) is 19.7 Å². The standard InChI is InChI=1S/C28H34N2O6/c1-4-34-23-7-5-6-20-25-21(28(3,36-26(20)23)12-10-24(31)32)14-19-16-30(13-11-22(19)35-25)27(33)18-9-8-17(2)29-15-18/h5-9,15,19,21-22,25H,4,10-14,16H2,1-3H3,(H,31,32)/t19-,21-,22-,25+,28+/m1/s1. The second-order valence-electron chi connectivity index (χ2n) is 10.3. The van der Waals surface area contributed by atoms with Crippen LogP contribution in [0, 0.1) is 18.8 Å². The first kappa shape index (κ1) is 24.6. The lowest BCUT2D eigenvalue weighted by molar-refractivity contribution is -0.191. The van der Waals surface area contributed by atoms with Crippen LogP contribution in [-0.4, -0.2) is 58.3 Å². The first-order valence-corrected chi connectivity index (χ1v) is 12.8. The van der Waals surface area contributed by atoms with Crippen molar-refractivity contribution in [2.45, 2.75) is 64.3 Å². The summed E-state index contributed by atoms with van der Waals surface area (Å²) in [5, 5.41) is 9.44. The van der Waals surface area contributed by atoms with Crippen molar-refractivity contribution < 1.29 is 28.9 Å². The number of aliphatic carboxylic acids is 1. The summed E-state index contributed by atoms with van der Waals surface area (Å²) < 4.78 is 19.2. The Kier molecular flexibility index (Phi) is 6.64. The van der Waals surface area contributed by atoms with E-state index in [1.165, 1.54) is 0 Å². The molecule has 0 radical (unpaired) electrons. The molecule has 5 atom stereocenters. The van der Waals surface area contributed by atoms with Crippen LogP contribution in [0.15, 0.2) is 36.5 Å². The molecule has 1 amide bonds. The van der Waals surface area contributed by atoms with E-state index >= 15 is 0 Å². The number of pyridine rings is 1. The smallest absolute Gasteiger partial charge is 0.303 e. The van der Waals surface area contributed by atoms with Crippen molar-refractivity contribution >= 4 is 11.9 Å². The SMILES string of the molecule is CCOc1cccc2c1O[C@@](C)(CCC(=O)O)[C@@H]1C[C@@H]3CN(C(=O)c4ccc(C)nc4)CC[C@H]3O[C@@H]21. The molecule has 0 saturated carbocycles. The number of carboxylic acid groups (broad SMARTS) is 1. The van der Waals surface area contributed by atoms with E-state index in [4.69, 9.17) is 14.2 Å². The Morgan fingerprint density at radius 1 is 1.28 bits per heavy atom. The summed E-state index contributed by atoms with van der Waals surface area (Å²) in [5.74, 6) is 0.559. The van der Waals surface area contributed by atoms with E-state index in [2.05, 4.69) is 4.98 Å². The van der Waals surface area contributed by atoms with Crippen LogP contribution in [0.5, 0.6) is 11.5 Å². The van der Waals surface area contributed by atoms with Crippen molar-refractivity contribution in [1.29, 1.82) is 0 Å². The molecule has 4 heterocycles. The lowest BCUT2D eigenvalue weighted by atomic mass is 9.68. The molecule has 8 nitrogen and oxygen atoms in total. The quantitative estimate of drug-likeness (QED) is 0.635. The van der Waals surface area contributed by atoms with E-state index in [0.717, 1.165) is 24.1 Å². The van der Waals surface area contributed by atoms with Crippen molar-refractivity contribution in [1.82, 2.24) is 9.88 Å². The predicted octanol–water partition coefficient (Wildman–Crippen LogP) is 4.41. The van der Waals surface area contributed by atoms with E-state index in [9.17, 15) is 14.7 Å². The number of ether oxygens (including phenoxy) is 3. The molecule has 1 N–H and O–H groups in total. The number of nitrogens with zero attached hydrogens (tertiary/aromatic N) is 2. The number of para-hydroxylation sites is 1. The Balaban J connectivity index is 1.42. The van der Waals surface area contributed by atoms with Gasteiger partial charge < -0.3 is 24.2 Å². The molecule has 0 aliphatic carbocycles. The van der Waals surface area contributed by atoms with E-state index in [-0.39, 0.29) is 36.4 Å². The largest absolute Gasteiger partial charge is 0.490 e. The van der Waals surface area contributed by atoms with Gasteiger partial charge in [0.15, 0.2) is 11.5 Å². The molecule has 192 valence electrons. The maximum absolute atomic E-state index is 13.2. The molecule has 8 heteroatoms. The Labute approximate surface area is 211 Å². The molecule has 5 rings (SSSR count). The Bertz CT molecular complexity index is 1140. The summed E-state index contributed by atoms with van der Waals surface area (Å²) in [5.41, 5.74) is 1.70. The molecule has 36 heavy (non-hydrogen) atoms. The van der Waals surface area contributed by atoms with E-state index in [1.807, 2.05) is 56.0 Å². The minimum atomic E-state index is -0.851. The lowest BCUT2D eigenvalue weighted by Crippen LogP contribution is -2.57.